The van der Waals surface area contributed by atoms with E-state index < -0.39 is 18.4 Å². The van der Waals surface area contributed by atoms with Gasteiger partial charge in [-0.05, 0) is 22.6 Å². The van der Waals surface area contributed by atoms with E-state index in [0.717, 1.165) is 3.57 Å². The van der Waals surface area contributed by atoms with Gasteiger partial charge in [0.1, 0.15) is 12.3 Å². The Labute approximate surface area is 126 Å². The standard InChI is InChI=1S/C11H13IN4O4/c12-4-2-16(7-1-5(18)6(3-17)20-7)9-8(4)10(19)15-11(13)14-9/h2,5-7,17-18H,1,3H2,(H3,13,14,15,19). The van der Waals surface area contributed by atoms with Crippen molar-refractivity contribution in [1.82, 2.24) is 14.5 Å². The summed E-state index contributed by atoms with van der Waals surface area (Å²) < 4.78 is 7.96. The first-order valence-electron chi connectivity index (χ1n) is 6.01. The second-order valence-corrected chi connectivity index (χ2v) is 5.81. The Morgan fingerprint density at radius 2 is 2.40 bits per heavy atom. The lowest BCUT2D eigenvalue weighted by molar-refractivity contribution is -0.0430. The number of rotatable bonds is 2. The van der Waals surface area contributed by atoms with E-state index in [-0.39, 0.29) is 18.1 Å². The molecule has 9 heteroatoms. The van der Waals surface area contributed by atoms with Crippen LogP contribution in [0.3, 0.4) is 0 Å². The Hall–Kier alpha value is -1.17. The van der Waals surface area contributed by atoms with Gasteiger partial charge in [0, 0.05) is 16.2 Å². The van der Waals surface area contributed by atoms with Crippen molar-refractivity contribution in [3.63, 3.8) is 0 Å². The first-order valence-corrected chi connectivity index (χ1v) is 7.09. The first kappa shape index (κ1) is 13.8. The molecule has 1 aliphatic rings. The Bertz CT molecular complexity index is 712. The number of nitrogens with zero attached hydrogens (tertiary/aromatic N) is 2. The molecule has 1 fully saturated rings. The molecule has 108 valence electrons. The molecule has 20 heavy (non-hydrogen) atoms. The van der Waals surface area contributed by atoms with Gasteiger partial charge in [-0.15, -0.1) is 0 Å². The molecule has 0 bridgehead atoms. The molecule has 5 N–H and O–H groups in total. The molecule has 2 aromatic rings. The van der Waals surface area contributed by atoms with Gasteiger partial charge in [-0.1, -0.05) is 0 Å². The molecule has 0 radical (unpaired) electrons. The van der Waals surface area contributed by atoms with E-state index >= 15 is 0 Å². The van der Waals surface area contributed by atoms with Crippen LogP contribution in [0.4, 0.5) is 5.95 Å². The molecule has 1 saturated heterocycles. The molecule has 8 nitrogen and oxygen atoms in total. The maximum atomic E-state index is 11.9. The van der Waals surface area contributed by atoms with Crippen molar-refractivity contribution < 1.29 is 14.9 Å². The maximum Gasteiger partial charge on any atom is 0.262 e. The summed E-state index contributed by atoms with van der Waals surface area (Å²) in [6.07, 6.45) is 0.180. The topological polar surface area (TPSA) is 126 Å². The first-order chi connectivity index (χ1) is 9.51. The monoisotopic (exact) mass is 392 g/mol. The number of aromatic amines is 1. The molecular weight excluding hydrogens is 379 g/mol. The number of aliphatic hydroxyl groups is 2. The van der Waals surface area contributed by atoms with E-state index in [9.17, 15) is 9.90 Å². The lowest BCUT2D eigenvalue weighted by Crippen LogP contribution is -2.24. The van der Waals surface area contributed by atoms with Crippen molar-refractivity contribution in [2.24, 2.45) is 0 Å². The number of aromatic nitrogens is 3. The maximum absolute atomic E-state index is 11.9. The fourth-order valence-electron chi connectivity index (χ4n) is 2.40. The number of hydrogen-bond acceptors (Lipinski definition) is 6. The summed E-state index contributed by atoms with van der Waals surface area (Å²) in [4.78, 5) is 18.5. The van der Waals surface area contributed by atoms with Gasteiger partial charge in [-0.25, -0.2) is 0 Å². The van der Waals surface area contributed by atoms with Crippen LogP contribution < -0.4 is 11.3 Å². The molecule has 3 rings (SSSR count). The Morgan fingerprint density at radius 3 is 3.05 bits per heavy atom. The lowest BCUT2D eigenvalue weighted by Gasteiger charge is -2.14. The number of halogens is 1. The van der Waals surface area contributed by atoms with Crippen molar-refractivity contribution in [3.05, 3.63) is 20.1 Å². The molecule has 0 aliphatic carbocycles. The van der Waals surface area contributed by atoms with Crippen LogP contribution in [0.1, 0.15) is 12.6 Å². The van der Waals surface area contributed by atoms with E-state index in [1.165, 1.54) is 0 Å². The molecule has 0 saturated carbocycles. The van der Waals surface area contributed by atoms with Crippen molar-refractivity contribution in [3.8, 4) is 0 Å². The zero-order valence-corrected chi connectivity index (χ0v) is 12.4. The van der Waals surface area contributed by atoms with Crippen LogP contribution in [-0.2, 0) is 4.74 Å². The van der Waals surface area contributed by atoms with Gasteiger partial charge in [0.05, 0.1) is 18.1 Å². The van der Waals surface area contributed by atoms with Gasteiger partial charge < -0.3 is 25.3 Å². The summed E-state index contributed by atoms with van der Waals surface area (Å²) in [5.41, 5.74) is 5.67. The van der Waals surface area contributed by atoms with Crippen molar-refractivity contribution in [1.29, 1.82) is 0 Å². The molecule has 0 aromatic carbocycles. The summed E-state index contributed by atoms with van der Waals surface area (Å²) in [6.45, 7) is -0.260. The fraction of sp³-hybridized carbons (Fsp3) is 0.455. The van der Waals surface area contributed by atoms with Crippen LogP contribution in [0.2, 0.25) is 0 Å². The molecule has 2 aromatic heterocycles. The highest BCUT2D eigenvalue weighted by Crippen LogP contribution is 2.32. The molecule has 3 atom stereocenters. The molecule has 1 aliphatic heterocycles. The predicted octanol–water partition coefficient (Wildman–Crippen LogP) is -0.448. The predicted molar refractivity (Wildman–Crippen MR) is 79.1 cm³/mol. The van der Waals surface area contributed by atoms with E-state index in [2.05, 4.69) is 9.97 Å². The number of fused-ring (bicyclic) bond motifs is 1. The highest BCUT2D eigenvalue weighted by Gasteiger charge is 2.35. The minimum Gasteiger partial charge on any atom is -0.394 e. The van der Waals surface area contributed by atoms with Gasteiger partial charge in [0.2, 0.25) is 5.95 Å². The fourth-order valence-corrected chi connectivity index (χ4v) is 3.18. The largest absolute Gasteiger partial charge is 0.394 e. The number of ether oxygens (including phenoxy) is 1. The van der Waals surface area contributed by atoms with Crippen molar-refractivity contribution >= 4 is 39.6 Å². The summed E-state index contributed by atoms with van der Waals surface area (Å²) in [6, 6.07) is 0. The molecule has 3 unspecified atom stereocenters. The SMILES string of the molecule is Nc1nc2c(c(I)cn2C2CC(O)C(CO)O2)c(=O)[nH]1. The zero-order chi connectivity index (χ0) is 14.4. The summed E-state index contributed by atoms with van der Waals surface area (Å²) in [5.74, 6) is 0.0236. The molecule has 0 spiro atoms. The molecule has 3 heterocycles. The number of hydrogen-bond donors (Lipinski definition) is 4. The van der Waals surface area contributed by atoms with Crippen molar-refractivity contribution in [2.45, 2.75) is 24.9 Å². The number of nitrogen functional groups attached to an aromatic ring is 1. The summed E-state index contributed by atoms with van der Waals surface area (Å²) >= 11 is 2.03. The summed E-state index contributed by atoms with van der Waals surface area (Å²) in [7, 11) is 0. The Morgan fingerprint density at radius 1 is 1.65 bits per heavy atom. The number of nitrogens with two attached hydrogens (primary N) is 1. The highest BCUT2D eigenvalue weighted by molar-refractivity contribution is 14.1. The number of nitrogens with one attached hydrogen (secondary N) is 1. The highest BCUT2D eigenvalue weighted by atomic mass is 127. The van der Waals surface area contributed by atoms with E-state index in [1.54, 1.807) is 10.8 Å². The third-order valence-corrected chi connectivity index (χ3v) is 4.17. The van der Waals surface area contributed by atoms with Crippen LogP contribution in [0.5, 0.6) is 0 Å². The molecule has 0 amide bonds. The third kappa shape index (κ3) is 2.10. The molecular formula is C11H13IN4O4. The number of aliphatic hydroxyl groups excluding tert-OH is 2. The smallest absolute Gasteiger partial charge is 0.262 e. The van der Waals surface area contributed by atoms with Gasteiger partial charge in [-0.2, -0.15) is 4.98 Å². The Kier molecular flexibility index (Phi) is 3.44. The quantitative estimate of drug-likeness (QED) is 0.513. The number of anilines is 1. The zero-order valence-electron chi connectivity index (χ0n) is 10.3. The van der Waals surface area contributed by atoms with Crippen molar-refractivity contribution in [2.75, 3.05) is 12.3 Å². The van der Waals surface area contributed by atoms with Crippen LogP contribution in [0.25, 0.3) is 11.0 Å². The second-order valence-electron chi connectivity index (χ2n) is 4.65. The Balaban J connectivity index is 2.11. The average Bonchev–Trinajstić information content (AvgIpc) is 2.90. The van der Waals surface area contributed by atoms with E-state index in [0.29, 0.717) is 17.5 Å². The normalized spacial score (nSPS) is 26.4. The summed E-state index contributed by atoms with van der Waals surface area (Å²) in [5, 5.41) is 19.4. The van der Waals surface area contributed by atoms with Gasteiger partial charge >= 0.3 is 0 Å². The minimum absolute atomic E-state index is 0.0236. The third-order valence-electron chi connectivity index (χ3n) is 3.35. The van der Waals surface area contributed by atoms with Crippen LogP contribution in [0, 0.1) is 3.57 Å². The number of H-pyrrole nitrogens is 1. The minimum atomic E-state index is -0.751. The van der Waals surface area contributed by atoms with Gasteiger partial charge in [0.25, 0.3) is 5.56 Å². The van der Waals surface area contributed by atoms with Crippen LogP contribution >= 0.6 is 22.6 Å². The van der Waals surface area contributed by atoms with Gasteiger partial charge in [-0.3, -0.25) is 9.78 Å². The van der Waals surface area contributed by atoms with Gasteiger partial charge in [0.15, 0.2) is 5.65 Å². The average molecular weight is 392 g/mol. The van der Waals surface area contributed by atoms with Crippen LogP contribution in [0.15, 0.2) is 11.0 Å². The lowest BCUT2D eigenvalue weighted by atomic mass is 10.2. The van der Waals surface area contributed by atoms with E-state index in [4.69, 9.17) is 15.6 Å². The van der Waals surface area contributed by atoms with Crippen LogP contribution in [-0.4, -0.2) is 43.6 Å². The van der Waals surface area contributed by atoms with E-state index in [1.807, 2.05) is 22.6 Å². The second kappa shape index (κ2) is 4.98.